The Morgan fingerprint density at radius 3 is 2.83 bits per heavy atom. The number of amides is 1. The fraction of sp³-hybridized carbons (Fsp3) is 0.167. The van der Waals surface area contributed by atoms with E-state index in [0.29, 0.717) is 16.9 Å². The molecule has 2 rings (SSSR count). The summed E-state index contributed by atoms with van der Waals surface area (Å²) in [7, 11) is 1.79. The fourth-order valence-corrected chi connectivity index (χ4v) is 1.85. The maximum Gasteiger partial charge on any atom is 0.257 e. The molecule has 0 spiro atoms. The molecule has 0 fully saturated rings. The van der Waals surface area contributed by atoms with Gasteiger partial charge in [-0.1, -0.05) is 17.7 Å². The van der Waals surface area contributed by atoms with Gasteiger partial charge in [0.1, 0.15) is 0 Å². The molecular formula is C12H13ClN4O. The van der Waals surface area contributed by atoms with E-state index in [4.69, 9.17) is 17.3 Å². The van der Waals surface area contributed by atoms with Crippen LogP contribution in [0.25, 0.3) is 0 Å². The Morgan fingerprint density at radius 2 is 2.22 bits per heavy atom. The first-order chi connectivity index (χ1) is 8.49. The van der Waals surface area contributed by atoms with Crippen molar-refractivity contribution in [3.8, 4) is 0 Å². The molecule has 0 aliphatic heterocycles. The second-order valence-electron chi connectivity index (χ2n) is 3.96. The molecule has 0 unspecified atom stereocenters. The lowest BCUT2D eigenvalue weighted by Gasteiger charge is -2.07. The van der Waals surface area contributed by atoms with Crippen molar-refractivity contribution in [2.24, 2.45) is 7.05 Å². The molecule has 0 atom stereocenters. The molecule has 1 aromatic heterocycles. The maximum atomic E-state index is 12.1. The summed E-state index contributed by atoms with van der Waals surface area (Å²) in [6.45, 7) is 1.82. The number of carbonyl (C=O) groups excluding carboxylic acids is 1. The predicted molar refractivity (Wildman–Crippen MR) is 71.8 cm³/mol. The topological polar surface area (TPSA) is 72.9 Å². The number of anilines is 2. The summed E-state index contributed by atoms with van der Waals surface area (Å²) < 4.78 is 1.63. The van der Waals surface area contributed by atoms with Crippen LogP contribution >= 0.6 is 11.6 Å². The summed E-state index contributed by atoms with van der Waals surface area (Å²) in [6.07, 6.45) is 1.73. The Morgan fingerprint density at radius 1 is 1.50 bits per heavy atom. The molecule has 1 aromatic carbocycles. The van der Waals surface area contributed by atoms with E-state index in [-0.39, 0.29) is 10.9 Å². The van der Waals surface area contributed by atoms with Crippen molar-refractivity contribution < 1.29 is 4.79 Å². The molecule has 1 amide bonds. The van der Waals surface area contributed by atoms with Crippen LogP contribution in [0, 0.1) is 6.92 Å². The molecule has 5 nitrogen and oxygen atoms in total. The Hall–Kier alpha value is -2.01. The summed E-state index contributed by atoms with van der Waals surface area (Å²) in [5.74, 6) is -0.302. The zero-order valence-corrected chi connectivity index (χ0v) is 10.8. The minimum absolute atomic E-state index is 0.261. The quantitative estimate of drug-likeness (QED) is 0.817. The van der Waals surface area contributed by atoms with Crippen LogP contribution in [-0.4, -0.2) is 15.7 Å². The van der Waals surface area contributed by atoms with Crippen molar-refractivity contribution in [2.45, 2.75) is 6.92 Å². The summed E-state index contributed by atoms with van der Waals surface area (Å²) in [6, 6.07) is 4.96. The zero-order chi connectivity index (χ0) is 13.3. The molecule has 3 N–H and O–H groups in total. The number of benzene rings is 1. The van der Waals surface area contributed by atoms with E-state index in [2.05, 4.69) is 10.4 Å². The second-order valence-corrected chi connectivity index (χ2v) is 4.34. The molecule has 94 valence electrons. The summed E-state index contributed by atoms with van der Waals surface area (Å²) >= 11 is 5.99. The van der Waals surface area contributed by atoms with Crippen LogP contribution in [-0.2, 0) is 7.05 Å². The first-order valence-corrected chi connectivity index (χ1v) is 5.72. The highest BCUT2D eigenvalue weighted by Gasteiger charge is 2.14. The van der Waals surface area contributed by atoms with E-state index < -0.39 is 0 Å². The Kier molecular flexibility index (Phi) is 3.25. The van der Waals surface area contributed by atoms with E-state index in [1.807, 2.05) is 6.92 Å². The largest absolute Gasteiger partial charge is 0.398 e. The molecule has 0 aliphatic carbocycles. The van der Waals surface area contributed by atoms with Gasteiger partial charge in [-0.15, -0.1) is 0 Å². The summed E-state index contributed by atoms with van der Waals surface area (Å²) in [5.41, 5.74) is 7.78. The van der Waals surface area contributed by atoms with Crippen LogP contribution in [0.5, 0.6) is 0 Å². The van der Waals surface area contributed by atoms with Gasteiger partial charge in [0.05, 0.1) is 27.7 Å². The third-order valence-electron chi connectivity index (χ3n) is 2.53. The van der Waals surface area contributed by atoms with E-state index in [1.54, 1.807) is 36.1 Å². The van der Waals surface area contributed by atoms with Crippen molar-refractivity contribution in [2.75, 3.05) is 11.1 Å². The van der Waals surface area contributed by atoms with Crippen molar-refractivity contribution in [3.05, 3.63) is 40.7 Å². The molecule has 0 bridgehead atoms. The number of nitrogens with one attached hydrogen (secondary N) is 1. The van der Waals surface area contributed by atoms with E-state index in [1.165, 1.54) is 0 Å². The van der Waals surface area contributed by atoms with Crippen LogP contribution in [0.3, 0.4) is 0 Å². The first-order valence-electron chi connectivity index (χ1n) is 5.34. The summed E-state index contributed by atoms with van der Waals surface area (Å²) in [4.78, 5) is 12.1. The number of carbonyl (C=O) groups is 1. The smallest absolute Gasteiger partial charge is 0.257 e. The number of hydrogen-bond donors (Lipinski definition) is 2. The molecule has 2 aromatic rings. The normalized spacial score (nSPS) is 10.4. The molecule has 6 heteroatoms. The third kappa shape index (κ3) is 2.31. The molecule has 0 saturated carbocycles. The highest BCUT2D eigenvalue weighted by molar-refractivity contribution is 6.36. The number of aryl methyl sites for hydroxylation is 2. The van der Waals surface area contributed by atoms with Crippen LogP contribution in [0.2, 0.25) is 5.02 Å². The van der Waals surface area contributed by atoms with Gasteiger partial charge >= 0.3 is 0 Å². The minimum atomic E-state index is -0.302. The van der Waals surface area contributed by atoms with Crippen molar-refractivity contribution in [1.29, 1.82) is 0 Å². The SMILES string of the molecule is Cc1nn(C)cc1NC(=O)c1cccc(N)c1Cl. The van der Waals surface area contributed by atoms with Crippen molar-refractivity contribution >= 4 is 28.9 Å². The highest BCUT2D eigenvalue weighted by atomic mass is 35.5. The lowest BCUT2D eigenvalue weighted by molar-refractivity contribution is 0.102. The monoisotopic (exact) mass is 264 g/mol. The van der Waals surface area contributed by atoms with Crippen molar-refractivity contribution in [1.82, 2.24) is 9.78 Å². The number of aromatic nitrogens is 2. The average Bonchev–Trinajstić information content (AvgIpc) is 2.61. The van der Waals surface area contributed by atoms with Gasteiger partial charge in [0.2, 0.25) is 0 Å². The number of nitrogens with zero attached hydrogens (tertiary/aromatic N) is 2. The standard InChI is InChI=1S/C12H13ClN4O/c1-7-10(6-17(2)16-7)15-12(18)8-4-3-5-9(14)11(8)13/h3-6H,14H2,1-2H3,(H,15,18). The summed E-state index contributed by atoms with van der Waals surface area (Å²) in [5, 5.41) is 7.16. The van der Waals surface area contributed by atoms with Gasteiger partial charge < -0.3 is 11.1 Å². The van der Waals surface area contributed by atoms with Gasteiger partial charge in [-0.05, 0) is 19.1 Å². The number of hydrogen-bond acceptors (Lipinski definition) is 3. The van der Waals surface area contributed by atoms with Gasteiger partial charge in [0.15, 0.2) is 0 Å². The van der Waals surface area contributed by atoms with Gasteiger partial charge in [-0.2, -0.15) is 5.10 Å². The van der Waals surface area contributed by atoms with E-state index in [0.717, 1.165) is 5.69 Å². The molecule has 0 radical (unpaired) electrons. The average molecular weight is 265 g/mol. The molecule has 0 saturated heterocycles. The van der Waals surface area contributed by atoms with E-state index in [9.17, 15) is 4.79 Å². The van der Waals surface area contributed by atoms with Crippen LogP contribution in [0.4, 0.5) is 11.4 Å². The van der Waals surface area contributed by atoms with Gasteiger partial charge in [-0.25, -0.2) is 0 Å². The van der Waals surface area contributed by atoms with Gasteiger partial charge in [0.25, 0.3) is 5.91 Å². The Balaban J connectivity index is 2.27. The fourth-order valence-electron chi connectivity index (χ4n) is 1.64. The molecule has 0 aliphatic rings. The van der Waals surface area contributed by atoms with Gasteiger partial charge in [0, 0.05) is 13.2 Å². The molecular weight excluding hydrogens is 252 g/mol. The predicted octanol–water partition coefficient (Wildman–Crippen LogP) is 2.22. The molecule has 18 heavy (non-hydrogen) atoms. The highest BCUT2D eigenvalue weighted by Crippen LogP contribution is 2.24. The lowest BCUT2D eigenvalue weighted by atomic mass is 10.2. The Bertz CT molecular complexity index is 606. The molecule has 1 heterocycles. The number of rotatable bonds is 2. The number of nitrogen functional groups attached to an aromatic ring is 1. The maximum absolute atomic E-state index is 12.1. The van der Waals surface area contributed by atoms with Gasteiger partial charge in [-0.3, -0.25) is 9.48 Å². The van der Waals surface area contributed by atoms with Crippen LogP contribution in [0.1, 0.15) is 16.1 Å². The number of halogens is 1. The van der Waals surface area contributed by atoms with Crippen molar-refractivity contribution in [3.63, 3.8) is 0 Å². The van der Waals surface area contributed by atoms with Crippen LogP contribution < -0.4 is 11.1 Å². The minimum Gasteiger partial charge on any atom is -0.398 e. The third-order valence-corrected chi connectivity index (χ3v) is 2.96. The van der Waals surface area contributed by atoms with Crippen LogP contribution in [0.15, 0.2) is 24.4 Å². The first kappa shape index (κ1) is 12.4. The Labute approximate surface area is 110 Å². The lowest BCUT2D eigenvalue weighted by Crippen LogP contribution is -2.13. The second kappa shape index (κ2) is 4.70. The zero-order valence-electron chi connectivity index (χ0n) is 10.1. The van der Waals surface area contributed by atoms with E-state index >= 15 is 0 Å². The number of nitrogens with two attached hydrogens (primary N) is 1.